The number of hydrogen-bond donors (Lipinski definition) is 1. The van der Waals surface area contributed by atoms with E-state index in [0.717, 1.165) is 25.7 Å². The highest BCUT2D eigenvalue weighted by Gasteiger charge is 2.56. The second-order valence-electron chi connectivity index (χ2n) is 18.5. The summed E-state index contributed by atoms with van der Waals surface area (Å²) in [6, 6.07) is 19.4. The van der Waals surface area contributed by atoms with Crippen LogP contribution in [0.25, 0.3) is 5.52 Å². The third-order valence-electron chi connectivity index (χ3n) is 12.2. The number of nitrogens with zero attached hydrogens (tertiary/aromatic N) is 5. The number of methoxy groups -OCH3 is 1. The number of anilines is 1. The number of para-hydroxylation sites is 1. The highest BCUT2D eigenvalue weighted by Crippen LogP contribution is 2.53. The van der Waals surface area contributed by atoms with Gasteiger partial charge in [0.15, 0.2) is 11.6 Å². The van der Waals surface area contributed by atoms with E-state index in [1.165, 1.54) is 103 Å². The van der Waals surface area contributed by atoms with Crippen molar-refractivity contribution < 1.29 is 41.8 Å². The Morgan fingerprint density at radius 3 is 2.09 bits per heavy atom. The summed E-state index contributed by atoms with van der Waals surface area (Å²) in [5.41, 5.74) is 5.60. The molecule has 1 fully saturated rings. The molecule has 0 radical (unpaired) electrons. The van der Waals surface area contributed by atoms with Crippen LogP contribution < -0.4 is 19.7 Å². The van der Waals surface area contributed by atoms with Gasteiger partial charge in [-0.2, -0.15) is 15.6 Å². The zero-order valence-corrected chi connectivity index (χ0v) is 43.2. The summed E-state index contributed by atoms with van der Waals surface area (Å²) >= 11 is 6.52. The number of halogens is 1. The van der Waals surface area contributed by atoms with E-state index in [1.54, 1.807) is 66.9 Å². The number of nitrogens with two attached hydrogens (primary N) is 1. The van der Waals surface area contributed by atoms with Crippen molar-refractivity contribution in [3.63, 3.8) is 0 Å². The lowest BCUT2D eigenvalue weighted by Crippen LogP contribution is -2.50. The molecule has 3 heterocycles. The van der Waals surface area contributed by atoms with E-state index in [2.05, 4.69) is 29.1 Å². The topological polar surface area (TPSA) is 195 Å². The highest BCUT2D eigenvalue weighted by atomic mass is 35.5. The first-order chi connectivity index (χ1) is 33.3. The summed E-state index contributed by atoms with van der Waals surface area (Å²) in [4.78, 5) is 4.08. The number of ether oxygens (including phenoxy) is 5. The molecule has 1 aliphatic rings. The van der Waals surface area contributed by atoms with Crippen LogP contribution in [0.4, 0.5) is 5.82 Å². The lowest BCUT2D eigenvalue weighted by Gasteiger charge is -2.33. The molecule has 2 aromatic heterocycles. The zero-order chi connectivity index (χ0) is 49.7. The van der Waals surface area contributed by atoms with E-state index >= 15 is 4.57 Å². The van der Waals surface area contributed by atoms with Gasteiger partial charge in [0.1, 0.15) is 66.1 Å². The number of fused-ring (bicyclic) bond motifs is 1. The molecule has 0 spiro atoms. The highest BCUT2D eigenvalue weighted by molar-refractivity contribution is 7.49. The van der Waals surface area contributed by atoms with Gasteiger partial charge in [0.25, 0.3) is 0 Å². The normalized spacial score (nSPS) is 17.8. The predicted octanol–water partition coefficient (Wildman–Crippen LogP) is 13.4. The summed E-state index contributed by atoms with van der Waals surface area (Å²) in [5.74, 6) is -0.0946. The van der Waals surface area contributed by atoms with Crippen molar-refractivity contribution in [2.75, 3.05) is 26.1 Å². The van der Waals surface area contributed by atoms with Crippen molar-refractivity contribution >= 4 is 30.8 Å². The minimum absolute atomic E-state index is 0.0343. The van der Waals surface area contributed by atoms with Gasteiger partial charge in [-0.3, -0.25) is 9.05 Å². The number of nitriles is 2. The Hall–Kier alpha value is -4.44. The predicted molar refractivity (Wildman–Crippen MR) is 267 cm³/mol. The first-order valence-corrected chi connectivity index (χ1v) is 26.7. The molecule has 0 saturated carbocycles. The van der Waals surface area contributed by atoms with Gasteiger partial charge >= 0.3 is 7.82 Å². The van der Waals surface area contributed by atoms with Crippen LogP contribution in [0.5, 0.6) is 17.2 Å². The van der Waals surface area contributed by atoms with Gasteiger partial charge < -0.3 is 33.9 Å². The Bertz CT molecular complexity index is 2320. The summed E-state index contributed by atoms with van der Waals surface area (Å²) < 4.78 is 66.0. The molecule has 1 aliphatic heterocycles. The maximum atomic E-state index is 15.0. The smallest absolute Gasteiger partial charge is 0.489 e. The van der Waals surface area contributed by atoms with Crippen LogP contribution in [0.2, 0.25) is 5.02 Å². The fourth-order valence-electron chi connectivity index (χ4n) is 8.47. The standard InChI is InChI=1S/C52H74ClN6O9P/c1-7-8-9-10-11-12-13-14-15-16-17-18-19-20-21-22-23-26-42(65-41-30-29-40(34-54)47(33-41)64-39(2)3)35-62-69(60,68-46-28-25-24-27-43(46)53)63-37-52(36-55,61-6)49-48(66-51(4,5)67-49)44-31-32-45-50(56)57-38-58-59(44)45/h24-25,27-33,38-39,42,48-49H,7-23,26,35,37H2,1-6H3,(H2,56,57,58)/t42-,48+,49+,52-,69?/m1/s1. The van der Waals surface area contributed by atoms with Crippen molar-refractivity contribution in [2.45, 2.75) is 186 Å². The molecule has 0 bridgehead atoms. The Balaban J connectivity index is 1.27. The van der Waals surface area contributed by atoms with Crippen molar-refractivity contribution in [1.29, 1.82) is 10.5 Å². The van der Waals surface area contributed by atoms with Gasteiger partial charge in [-0.25, -0.2) is 14.1 Å². The van der Waals surface area contributed by atoms with E-state index in [1.807, 2.05) is 13.8 Å². The van der Waals surface area contributed by atoms with Crippen LogP contribution in [-0.4, -0.2) is 64.6 Å². The monoisotopic (exact) mass is 992 g/mol. The minimum Gasteiger partial charge on any atom is -0.489 e. The summed E-state index contributed by atoms with van der Waals surface area (Å²) in [5, 5.41) is 25.2. The summed E-state index contributed by atoms with van der Waals surface area (Å²) in [7, 11) is -3.34. The lowest BCUT2D eigenvalue weighted by atomic mass is 9.93. The maximum absolute atomic E-state index is 15.0. The third-order valence-corrected chi connectivity index (χ3v) is 13.8. The Morgan fingerprint density at radius 1 is 0.855 bits per heavy atom. The van der Waals surface area contributed by atoms with Crippen LogP contribution in [0, 0.1) is 22.7 Å². The largest absolute Gasteiger partial charge is 0.530 e. The SMILES string of the molecule is CCCCCCCCCCCCCCCCCCC[C@H](COP(=O)(OC[C@@](C#N)(OC)[C@H]1OC(C)(C)O[C@H]1c1ccc2c(N)ncnn12)Oc1ccccc1Cl)Oc1ccc(C#N)c(OC(C)C)c1. The molecule has 5 atom stereocenters. The first kappa shape index (κ1) is 55.5. The van der Waals surface area contributed by atoms with Crippen LogP contribution in [-0.2, 0) is 27.8 Å². The Labute approximate surface area is 414 Å². The number of rotatable bonds is 33. The second-order valence-corrected chi connectivity index (χ2v) is 20.5. The van der Waals surface area contributed by atoms with Gasteiger partial charge in [-0.15, -0.1) is 0 Å². The molecule has 15 nitrogen and oxygen atoms in total. The van der Waals surface area contributed by atoms with Gasteiger partial charge in [0, 0.05) is 13.2 Å². The van der Waals surface area contributed by atoms with E-state index in [4.69, 9.17) is 54.6 Å². The van der Waals surface area contributed by atoms with Crippen molar-refractivity contribution in [3.05, 3.63) is 77.2 Å². The van der Waals surface area contributed by atoms with E-state index < -0.39 is 44.1 Å². The fourth-order valence-corrected chi connectivity index (χ4v) is 9.98. The molecule has 2 N–H and O–H groups in total. The maximum Gasteiger partial charge on any atom is 0.530 e. The van der Waals surface area contributed by atoms with Gasteiger partial charge in [-0.1, -0.05) is 133 Å². The molecule has 2 aromatic carbocycles. The van der Waals surface area contributed by atoms with Crippen molar-refractivity contribution in [3.8, 4) is 29.4 Å². The van der Waals surface area contributed by atoms with E-state index in [0.29, 0.717) is 34.7 Å². The quantitative estimate of drug-likeness (QED) is 0.0350. The molecule has 4 aromatic rings. The van der Waals surface area contributed by atoms with Gasteiger partial charge in [0.2, 0.25) is 5.60 Å². The molecule has 17 heteroatoms. The van der Waals surface area contributed by atoms with Crippen LogP contribution in [0.15, 0.2) is 60.9 Å². The number of nitrogen functional groups attached to an aromatic ring is 1. The number of benzene rings is 2. The molecule has 0 aliphatic carbocycles. The Kier molecular flexibility index (Phi) is 22.4. The van der Waals surface area contributed by atoms with Crippen molar-refractivity contribution in [2.24, 2.45) is 0 Å². The molecule has 378 valence electrons. The Morgan fingerprint density at radius 2 is 1.49 bits per heavy atom. The minimum atomic E-state index is -4.67. The van der Waals surface area contributed by atoms with Crippen molar-refractivity contribution in [1.82, 2.24) is 14.6 Å². The number of hydrogen-bond acceptors (Lipinski definition) is 14. The fraction of sp³-hybridized carbons (Fsp3) is 0.615. The molecule has 1 saturated heterocycles. The van der Waals surface area contributed by atoms with E-state index in [-0.39, 0.29) is 29.3 Å². The number of phosphoric ester groups is 1. The summed E-state index contributed by atoms with van der Waals surface area (Å²) in [6.45, 7) is 8.54. The average molecular weight is 994 g/mol. The molecular formula is C52H74ClN6O9P. The summed E-state index contributed by atoms with van der Waals surface area (Å²) in [6.07, 6.45) is 20.2. The molecule has 69 heavy (non-hydrogen) atoms. The molecule has 1 unspecified atom stereocenters. The number of aromatic nitrogens is 3. The first-order valence-electron chi connectivity index (χ1n) is 24.9. The lowest BCUT2D eigenvalue weighted by molar-refractivity contribution is -0.171. The molecular weight excluding hydrogens is 919 g/mol. The van der Waals surface area contributed by atoms with E-state index in [9.17, 15) is 10.5 Å². The molecule has 0 amide bonds. The zero-order valence-electron chi connectivity index (χ0n) is 41.5. The second kappa shape index (κ2) is 27.8. The van der Waals surface area contributed by atoms with Gasteiger partial charge in [0.05, 0.1) is 29.0 Å². The number of unbranched alkanes of at least 4 members (excludes halogenated alkanes) is 16. The number of phosphoric acid groups is 1. The van der Waals surface area contributed by atoms with Crippen LogP contribution >= 0.6 is 19.4 Å². The van der Waals surface area contributed by atoms with Gasteiger partial charge in [-0.05, 0) is 76.9 Å². The third kappa shape index (κ3) is 16.9. The average Bonchev–Trinajstić information content (AvgIpc) is 3.91. The van der Waals surface area contributed by atoms with Crippen LogP contribution in [0.3, 0.4) is 0 Å². The van der Waals surface area contributed by atoms with Crippen LogP contribution in [0.1, 0.15) is 168 Å². The molecule has 5 rings (SSSR count).